The molecule has 0 aliphatic heterocycles. The van der Waals surface area contributed by atoms with Gasteiger partial charge in [0.15, 0.2) is 9.84 Å². The van der Waals surface area contributed by atoms with Crippen LogP contribution in [0.25, 0.3) is 0 Å². The summed E-state index contributed by atoms with van der Waals surface area (Å²) >= 11 is 7.22. The summed E-state index contributed by atoms with van der Waals surface area (Å²) in [5, 5.41) is 0.655. The minimum Gasteiger partial charge on any atom is -0.397 e. The van der Waals surface area contributed by atoms with E-state index in [1.165, 1.54) is 17.8 Å². The third kappa shape index (κ3) is 3.43. The molecule has 2 rings (SSSR count). The first-order chi connectivity index (χ1) is 8.88. The number of hydrogen-bond acceptors (Lipinski definition) is 4. The molecule has 0 saturated carbocycles. The van der Waals surface area contributed by atoms with Crippen molar-refractivity contribution in [2.75, 3.05) is 12.0 Å². The molecule has 0 saturated heterocycles. The smallest absolute Gasteiger partial charge is 0.177 e. The van der Waals surface area contributed by atoms with E-state index in [0.717, 1.165) is 11.2 Å². The molecule has 0 atom stereocenters. The number of halogens is 1. The van der Waals surface area contributed by atoms with E-state index >= 15 is 0 Å². The summed E-state index contributed by atoms with van der Waals surface area (Å²) in [4.78, 5) is 1.82. The molecule has 0 aliphatic carbocycles. The van der Waals surface area contributed by atoms with Gasteiger partial charge in [-0.05, 0) is 36.4 Å². The Bertz CT molecular complexity index is 697. The van der Waals surface area contributed by atoms with Crippen LogP contribution in [0.3, 0.4) is 0 Å². The average Bonchev–Trinajstić information content (AvgIpc) is 2.33. The second-order valence-electron chi connectivity index (χ2n) is 4.00. The maximum absolute atomic E-state index is 11.6. The maximum Gasteiger partial charge on any atom is 0.177 e. The van der Waals surface area contributed by atoms with E-state index in [1.54, 1.807) is 24.3 Å². The van der Waals surface area contributed by atoms with E-state index in [4.69, 9.17) is 17.3 Å². The van der Waals surface area contributed by atoms with E-state index in [9.17, 15) is 8.42 Å². The normalized spacial score (nSPS) is 11.5. The van der Waals surface area contributed by atoms with Gasteiger partial charge < -0.3 is 5.73 Å². The highest BCUT2D eigenvalue weighted by molar-refractivity contribution is 7.99. The van der Waals surface area contributed by atoms with Crippen LogP contribution in [0.5, 0.6) is 0 Å². The number of hydrogen-bond donors (Lipinski definition) is 1. The summed E-state index contributed by atoms with van der Waals surface area (Å²) in [6.07, 6.45) is 1.15. The number of rotatable bonds is 3. The van der Waals surface area contributed by atoms with Crippen molar-refractivity contribution >= 4 is 38.9 Å². The molecule has 6 heteroatoms. The number of sulfone groups is 1. The molecule has 2 aromatic rings. The fourth-order valence-corrected chi connectivity index (χ4v) is 3.48. The van der Waals surface area contributed by atoms with Crippen LogP contribution in [-0.4, -0.2) is 14.7 Å². The van der Waals surface area contributed by atoms with Gasteiger partial charge in [0.05, 0.1) is 10.6 Å². The third-order valence-electron chi connectivity index (χ3n) is 2.47. The molecule has 3 nitrogen and oxygen atoms in total. The van der Waals surface area contributed by atoms with Crippen LogP contribution < -0.4 is 5.73 Å². The Kier molecular flexibility index (Phi) is 4.08. The molecule has 0 bridgehead atoms. The van der Waals surface area contributed by atoms with Gasteiger partial charge in [-0.3, -0.25) is 0 Å². The van der Waals surface area contributed by atoms with Crippen LogP contribution in [0.4, 0.5) is 5.69 Å². The van der Waals surface area contributed by atoms with Gasteiger partial charge in [-0.15, -0.1) is 0 Å². The summed E-state index contributed by atoms with van der Waals surface area (Å²) in [6, 6.07) is 12.3. The minimum absolute atomic E-state index is 0.159. The topological polar surface area (TPSA) is 60.2 Å². The molecule has 0 aliphatic rings. The molecular weight excluding hydrogens is 302 g/mol. The maximum atomic E-state index is 11.6. The van der Waals surface area contributed by atoms with Gasteiger partial charge in [-0.2, -0.15) is 0 Å². The van der Waals surface area contributed by atoms with Crippen LogP contribution in [0.15, 0.2) is 57.2 Å². The highest BCUT2D eigenvalue weighted by Gasteiger charge is 2.14. The highest BCUT2D eigenvalue weighted by Crippen LogP contribution is 2.35. The zero-order valence-electron chi connectivity index (χ0n) is 10.1. The predicted molar refractivity (Wildman–Crippen MR) is 79.5 cm³/mol. The van der Waals surface area contributed by atoms with E-state index in [1.807, 2.05) is 12.1 Å². The number of anilines is 1. The van der Waals surface area contributed by atoms with Crippen molar-refractivity contribution in [1.29, 1.82) is 0 Å². The molecule has 0 unspecified atom stereocenters. The van der Waals surface area contributed by atoms with Crippen LogP contribution in [0.2, 0.25) is 5.02 Å². The molecule has 2 N–H and O–H groups in total. The Morgan fingerprint density at radius 2 is 1.74 bits per heavy atom. The van der Waals surface area contributed by atoms with Gasteiger partial charge in [-0.1, -0.05) is 29.4 Å². The van der Waals surface area contributed by atoms with Crippen LogP contribution in [-0.2, 0) is 9.84 Å². The first-order valence-electron chi connectivity index (χ1n) is 5.40. The predicted octanol–water partition coefficient (Wildman–Crippen LogP) is 3.48. The van der Waals surface area contributed by atoms with Gasteiger partial charge in [-0.25, -0.2) is 8.42 Å². The van der Waals surface area contributed by atoms with Crippen LogP contribution >= 0.6 is 23.4 Å². The fourth-order valence-electron chi connectivity index (χ4n) is 1.57. The lowest BCUT2D eigenvalue weighted by atomic mass is 10.3. The second kappa shape index (κ2) is 5.45. The first kappa shape index (κ1) is 14.2. The lowest BCUT2D eigenvalue weighted by Gasteiger charge is -2.09. The molecule has 0 amide bonds. The lowest BCUT2D eigenvalue weighted by Crippen LogP contribution is -2.03. The van der Waals surface area contributed by atoms with Gasteiger partial charge in [0.2, 0.25) is 0 Å². The third-order valence-corrected chi connectivity index (χ3v) is 4.96. The monoisotopic (exact) mass is 313 g/mol. The zero-order chi connectivity index (χ0) is 14.0. The van der Waals surface area contributed by atoms with Crippen LogP contribution in [0.1, 0.15) is 0 Å². The molecular formula is C13H12ClNO2S2. The summed E-state index contributed by atoms with van der Waals surface area (Å²) in [6.45, 7) is 0. The van der Waals surface area contributed by atoms with Gasteiger partial charge in [0.1, 0.15) is 0 Å². The molecule has 0 aromatic heterocycles. The van der Waals surface area contributed by atoms with Crippen molar-refractivity contribution in [3.63, 3.8) is 0 Å². The summed E-state index contributed by atoms with van der Waals surface area (Å²) in [7, 11) is -3.31. The Labute approximate surface area is 121 Å². The molecule has 0 heterocycles. The standard InChI is InChI=1S/C13H12ClNO2S2/c1-19(16,17)12-4-2-3-11(13(12)15)18-10-7-5-9(14)6-8-10/h2-8H,15H2,1H3. The quantitative estimate of drug-likeness (QED) is 0.881. The Balaban J connectivity index is 2.39. The van der Waals surface area contributed by atoms with E-state index in [-0.39, 0.29) is 10.6 Å². The molecule has 0 spiro atoms. The number of para-hydroxylation sites is 1. The van der Waals surface area contributed by atoms with E-state index in [0.29, 0.717) is 9.92 Å². The van der Waals surface area contributed by atoms with Crippen molar-refractivity contribution in [2.45, 2.75) is 14.7 Å². The van der Waals surface area contributed by atoms with Crippen molar-refractivity contribution in [1.82, 2.24) is 0 Å². The Morgan fingerprint density at radius 3 is 2.32 bits per heavy atom. The highest BCUT2D eigenvalue weighted by atomic mass is 35.5. The van der Waals surface area contributed by atoms with Crippen LogP contribution in [0, 0.1) is 0 Å². The SMILES string of the molecule is CS(=O)(=O)c1cccc(Sc2ccc(Cl)cc2)c1N. The van der Waals surface area contributed by atoms with E-state index < -0.39 is 9.84 Å². The molecule has 0 radical (unpaired) electrons. The van der Waals surface area contributed by atoms with Gasteiger partial charge >= 0.3 is 0 Å². The van der Waals surface area contributed by atoms with Crippen molar-refractivity contribution in [3.05, 3.63) is 47.5 Å². The zero-order valence-corrected chi connectivity index (χ0v) is 12.5. The Morgan fingerprint density at radius 1 is 1.11 bits per heavy atom. The second-order valence-corrected chi connectivity index (χ2v) is 7.53. The molecule has 100 valence electrons. The molecule has 0 fully saturated rings. The van der Waals surface area contributed by atoms with Crippen molar-refractivity contribution in [3.8, 4) is 0 Å². The fraction of sp³-hybridized carbons (Fsp3) is 0.0769. The average molecular weight is 314 g/mol. The first-order valence-corrected chi connectivity index (χ1v) is 8.48. The van der Waals surface area contributed by atoms with E-state index in [2.05, 4.69) is 0 Å². The Hall–Kier alpha value is -1.17. The van der Waals surface area contributed by atoms with Gasteiger partial charge in [0, 0.05) is 21.1 Å². The number of benzene rings is 2. The summed E-state index contributed by atoms with van der Waals surface area (Å²) < 4.78 is 23.2. The van der Waals surface area contributed by atoms with Crippen molar-refractivity contribution < 1.29 is 8.42 Å². The molecule has 19 heavy (non-hydrogen) atoms. The lowest BCUT2D eigenvalue weighted by molar-refractivity contribution is 0.602. The molecule has 2 aromatic carbocycles. The minimum atomic E-state index is -3.31. The van der Waals surface area contributed by atoms with Gasteiger partial charge in [0.25, 0.3) is 0 Å². The van der Waals surface area contributed by atoms with Crippen molar-refractivity contribution in [2.24, 2.45) is 0 Å². The largest absolute Gasteiger partial charge is 0.397 e. The summed E-state index contributed by atoms with van der Waals surface area (Å²) in [5.41, 5.74) is 6.20. The number of nitrogens with two attached hydrogens (primary N) is 1. The number of nitrogen functional groups attached to an aromatic ring is 1. The summed E-state index contributed by atoms with van der Waals surface area (Å²) in [5.74, 6) is 0.